The van der Waals surface area contributed by atoms with Crippen molar-refractivity contribution in [2.45, 2.75) is 40.8 Å². The molecule has 2 aromatic carbocycles. The number of carbonyl (C=O) groups is 1. The third-order valence-electron chi connectivity index (χ3n) is 5.16. The first kappa shape index (κ1) is 24.1. The lowest BCUT2D eigenvalue weighted by atomic mass is 10.1. The average molecular weight is 449 g/mol. The summed E-state index contributed by atoms with van der Waals surface area (Å²) in [6.07, 6.45) is 3.51. The SMILES string of the molecule is CCOc1cc(C(=O)N(Cc2cccnc2)Cc2ccccc2C)cc(OCC)c1OCC. The monoisotopic (exact) mass is 448 g/mol. The number of benzene rings is 2. The van der Waals surface area contributed by atoms with Gasteiger partial charge in [0.1, 0.15) is 0 Å². The molecule has 0 saturated heterocycles. The molecule has 0 atom stereocenters. The summed E-state index contributed by atoms with van der Waals surface area (Å²) in [6, 6.07) is 15.4. The van der Waals surface area contributed by atoms with Gasteiger partial charge in [0.25, 0.3) is 5.91 Å². The van der Waals surface area contributed by atoms with Crippen LogP contribution in [-0.4, -0.2) is 35.6 Å². The van der Waals surface area contributed by atoms with Crippen LogP contribution in [0.2, 0.25) is 0 Å². The zero-order valence-electron chi connectivity index (χ0n) is 19.8. The molecule has 3 rings (SSSR count). The molecule has 0 spiro atoms. The van der Waals surface area contributed by atoms with Crippen molar-refractivity contribution in [2.24, 2.45) is 0 Å². The fourth-order valence-electron chi connectivity index (χ4n) is 3.60. The minimum atomic E-state index is -0.118. The smallest absolute Gasteiger partial charge is 0.254 e. The molecular weight excluding hydrogens is 416 g/mol. The maximum atomic E-state index is 13.8. The Morgan fingerprint density at radius 1 is 0.879 bits per heavy atom. The van der Waals surface area contributed by atoms with Crippen molar-refractivity contribution in [3.05, 3.63) is 83.2 Å². The highest BCUT2D eigenvalue weighted by molar-refractivity contribution is 5.95. The third kappa shape index (κ3) is 6.25. The van der Waals surface area contributed by atoms with Crippen molar-refractivity contribution in [1.29, 1.82) is 0 Å². The first-order chi connectivity index (χ1) is 16.1. The number of carbonyl (C=O) groups excluding carboxylic acids is 1. The quantitative estimate of drug-likeness (QED) is 0.391. The largest absolute Gasteiger partial charge is 0.490 e. The molecule has 3 aromatic rings. The Kier molecular flexibility index (Phi) is 8.70. The van der Waals surface area contributed by atoms with Crippen LogP contribution >= 0.6 is 0 Å². The average Bonchev–Trinajstić information content (AvgIpc) is 2.82. The zero-order chi connectivity index (χ0) is 23.6. The van der Waals surface area contributed by atoms with Crippen LogP contribution in [0.5, 0.6) is 17.2 Å². The topological polar surface area (TPSA) is 60.9 Å². The fourth-order valence-corrected chi connectivity index (χ4v) is 3.60. The first-order valence-corrected chi connectivity index (χ1v) is 11.4. The Bertz CT molecular complexity index is 1030. The molecule has 0 N–H and O–H groups in total. The van der Waals surface area contributed by atoms with Gasteiger partial charge in [0.05, 0.1) is 19.8 Å². The van der Waals surface area contributed by atoms with E-state index in [1.54, 1.807) is 24.5 Å². The van der Waals surface area contributed by atoms with Gasteiger partial charge in [-0.3, -0.25) is 9.78 Å². The van der Waals surface area contributed by atoms with Crippen molar-refractivity contribution in [3.8, 4) is 17.2 Å². The Morgan fingerprint density at radius 3 is 2.12 bits per heavy atom. The summed E-state index contributed by atoms with van der Waals surface area (Å²) in [5.41, 5.74) is 3.68. The van der Waals surface area contributed by atoms with Crippen LogP contribution in [0.3, 0.4) is 0 Å². The molecule has 0 unspecified atom stereocenters. The normalized spacial score (nSPS) is 10.5. The Labute approximate surface area is 196 Å². The molecule has 0 saturated carbocycles. The number of hydrogen-bond acceptors (Lipinski definition) is 5. The first-order valence-electron chi connectivity index (χ1n) is 11.4. The highest BCUT2D eigenvalue weighted by Crippen LogP contribution is 2.39. The second kappa shape index (κ2) is 11.9. The van der Waals surface area contributed by atoms with E-state index >= 15 is 0 Å². The van der Waals surface area contributed by atoms with Gasteiger partial charge in [0, 0.05) is 31.0 Å². The van der Waals surface area contributed by atoms with Gasteiger partial charge in [0.15, 0.2) is 11.5 Å². The molecule has 174 valence electrons. The number of aromatic nitrogens is 1. The van der Waals surface area contributed by atoms with E-state index in [9.17, 15) is 4.79 Å². The lowest BCUT2D eigenvalue weighted by molar-refractivity contribution is 0.0728. The number of pyridine rings is 1. The molecule has 6 nitrogen and oxygen atoms in total. The van der Waals surface area contributed by atoms with Crippen molar-refractivity contribution >= 4 is 5.91 Å². The van der Waals surface area contributed by atoms with E-state index in [2.05, 4.69) is 18.0 Å². The molecule has 1 amide bonds. The van der Waals surface area contributed by atoms with Gasteiger partial charge < -0.3 is 19.1 Å². The molecule has 0 bridgehead atoms. The minimum absolute atomic E-state index is 0.118. The lowest BCUT2D eigenvalue weighted by Crippen LogP contribution is -2.30. The number of rotatable bonds is 11. The van der Waals surface area contributed by atoms with E-state index in [4.69, 9.17) is 14.2 Å². The van der Waals surface area contributed by atoms with Gasteiger partial charge in [-0.1, -0.05) is 30.3 Å². The maximum absolute atomic E-state index is 13.8. The van der Waals surface area contributed by atoms with E-state index in [0.29, 0.717) is 55.7 Å². The predicted molar refractivity (Wildman–Crippen MR) is 129 cm³/mol. The summed E-state index contributed by atoms with van der Waals surface area (Å²) < 4.78 is 17.4. The fraction of sp³-hybridized carbons (Fsp3) is 0.333. The molecule has 0 radical (unpaired) electrons. The van der Waals surface area contributed by atoms with Gasteiger partial charge >= 0.3 is 0 Å². The zero-order valence-corrected chi connectivity index (χ0v) is 19.8. The molecule has 0 aliphatic rings. The van der Waals surface area contributed by atoms with Crippen molar-refractivity contribution in [3.63, 3.8) is 0 Å². The van der Waals surface area contributed by atoms with E-state index in [0.717, 1.165) is 16.7 Å². The summed E-state index contributed by atoms with van der Waals surface area (Å²) in [7, 11) is 0. The summed E-state index contributed by atoms with van der Waals surface area (Å²) >= 11 is 0. The number of amides is 1. The molecule has 6 heteroatoms. The second-order valence-electron chi connectivity index (χ2n) is 7.55. The highest BCUT2D eigenvalue weighted by atomic mass is 16.5. The minimum Gasteiger partial charge on any atom is -0.490 e. The maximum Gasteiger partial charge on any atom is 0.254 e. The Hall–Kier alpha value is -3.54. The van der Waals surface area contributed by atoms with Crippen LogP contribution in [0, 0.1) is 6.92 Å². The van der Waals surface area contributed by atoms with Crippen LogP contribution in [0.4, 0.5) is 0 Å². The summed E-state index contributed by atoms with van der Waals surface area (Å²) in [6.45, 7) is 10.0. The summed E-state index contributed by atoms with van der Waals surface area (Å²) in [5.74, 6) is 1.42. The van der Waals surface area contributed by atoms with Crippen molar-refractivity contribution in [2.75, 3.05) is 19.8 Å². The van der Waals surface area contributed by atoms with E-state index in [1.165, 1.54) is 0 Å². The number of nitrogens with zero attached hydrogens (tertiary/aromatic N) is 2. The van der Waals surface area contributed by atoms with Crippen molar-refractivity contribution in [1.82, 2.24) is 9.88 Å². The predicted octanol–water partition coefficient (Wildman–Crippen LogP) is 5.43. The lowest BCUT2D eigenvalue weighted by Gasteiger charge is -2.25. The molecule has 0 fully saturated rings. The van der Waals surface area contributed by atoms with E-state index in [-0.39, 0.29) is 5.91 Å². The van der Waals surface area contributed by atoms with Crippen LogP contribution in [0.25, 0.3) is 0 Å². The van der Waals surface area contributed by atoms with Gasteiger partial charge in [-0.2, -0.15) is 0 Å². The van der Waals surface area contributed by atoms with Crippen LogP contribution < -0.4 is 14.2 Å². The molecular formula is C27H32N2O4. The standard InChI is InChI=1S/C27H32N2O4/c1-5-31-24-15-23(16-25(32-6-2)26(24)33-7-3)27(30)29(18-21-12-10-14-28-17-21)19-22-13-9-8-11-20(22)4/h8-17H,5-7,18-19H2,1-4H3. The van der Waals surface area contributed by atoms with Gasteiger partial charge in [0.2, 0.25) is 5.75 Å². The second-order valence-corrected chi connectivity index (χ2v) is 7.55. The Morgan fingerprint density at radius 2 is 1.55 bits per heavy atom. The van der Waals surface area contributed by atoms with Crippen LogP contribution in [0.1, 0.15) is 47.8 Å². The third-order valence-corrected chi connectivity index (χ3v) is 5.16. The Balaban J connectivity index is 2.02. The number of aryl methyl sites for hydroxylation is 1. The molecule has 0 aliphatic heterocycles. The molecule has 0 aliphatic carbocycles. The molecule has 1 aromatic heterocycles. The number of hydrogen-bond donors (Lipinski definition) is 0. The van der Waals surface area contributed by atoms with E-state index in [1.807, 2.05) is 56.0 Å². The highest BCUT2D eigenvalue weighted by Gasteiger charge is 2.23. The van der Waals surface area contributed by atoms with Gasteiger partial charge in [-0.05, 0) is 62.6 Å². The van der Waals surface area contributed by atoms with Crippen LogP contribution in [-0.2, 0) is 13.1 Å². The van der Waals surface area contributed by atoms with Crippen molar-refractivity contribution < 1.29 is 19.0 Å². The van der Waals surface area contributed by atoms with E-state index < -0.39 is 0 Å². The number of ether oxygens (including phenoxy) is 3. The molecule has 33 heavy (non-hydrogen) atoms. The summed E-state index contributed by atoms with van der Waals surface area (Å²) in [5, 5.41) is 0. The van der Waals surface area contributed by atoms with Crippen LogP contribution in [0.15, 0.2) is 60.9 Å². The molecule has 1 heterocycles. The van der Waals surface area contributed by atoms with Gasteiger partial charge in [-0.25, -0.2) is 0 Å². The van der Waals surface area contributed by atoms with Gasteiger partial charge in [-0.15, -0.1) is 0 Å². The summed E-state index contributed by atoms with van der Waals surface area (Å²) in [4.78, 5) is 19.8.